The summed E-state index contributed by atoms with van der Waals surface area (Å²) in [4.78, 5) is 0. The molecule has 0 unspecified atom stereocenters. The Balaban J connectivity index is 0.00000274. The van der Waals surface area contributed by atoms with Crippen LogP contribution in [0.25, 0.3) is 33.4 Å². The van der Waals surface area contributed by atoms with E-state index in [2.05, 4.69) is 126 Å². The zero-order chi connectivity index (χ0) is 23.4. The van der Waals surface area contributed by atoms with Gasteiger partial charge in [0.1, 0.15) is 0 Å². The van der Waals surface area contributed by atoms with Gasteiger partial charge in [0.2, 0.25) is 0 Å². The van der Waals surface area contributed by atoms with Crippen molar-refractivity contribution in [3.05, 3.63) is 107 Å². The van der Waals surface area contributed by atoms with Gasteiger partial charge in [-0.25, -0.2) is 0 Å². The zero-order valence-electron chi connectivity index (χ0n) is 21.3. The summed E-state index contributed by atoms with van der Waals surface area (Å²) in [6, 6.07) is 32.0. The second kappa shape index (κ2) is 8.56. The Morgan fingerprint density at radius 1 is 0.500 bits per heavy atom. The van der Waals surface area contributed by atoms with Crippen molar-refractivity contribution in [1.29, 1.82) is 0 Å². The van der Waals surface area contributed by atoms with Gasteiger partial charge in [-0.2, -0.15) is 0 Å². The van der Waals surface area contributed by atoms with Gasteiger partial charge in [-0.05, 0) is 72.9 Å². The fraction of sp³-hybridized carbons (Fsp3) is 0.273. The monoisotopic (exact) mass is 448 g/mol. The maximum Gasteiger partial charge on any atom is -0.000706 e. The molecule has 0 radical (unpaired) electrons. The molecule has 0 fully saturated rings. The Bertz CT molecular complexity index is 1310. The van der Waals surface area contributed by atoms with Gasteiger partial charge in [-0.1, -0.05) is 126 Å². The summed E-state index contributed by atoms with van der Waals surface area (Å²) < 4.78 is 0. The van der Waals surface area contributed by atoms with Crippen LogP contribution in [0.4, 0.5) is 0 Å². The molecule has 0 heterocycles. The molecule has 0 aliphatic heterocycles. The molecule has 34 heavy (non-hydrogen) atoms. The average molecular weight is 449 g/mol. The third-order valence-electron chi connectivity index (χ3n) is 7.09. The third-order valence-corrected chi connectivity index (χ3v) is 7.09. The summed E-state index contributed by atoms with van der Waals surface area (Å²) in [5.41, 5.74) is 14.0. The molecule has 1 aliphatic rings. The predicted octanol–water partition coefficient (Wildman–Crippen LogP) is 8.36. The Kier molecular flexibility index (Phi) is 6.04. The number of fused-ring (bicyclic) bond motifs is 3. The highest BCUT2D eigenvalue weighted by atomic mass is 16.0. The summed E-state index contributed by atoms with van der Waals surface area (Å²) in [6.07, 6.45) is 0.996. The Labute approximate surface area is 204 Å². The van der Waals surface area contributed by atoms with E-state index in [0.29, 0.717) is 0 Å². The highest BCUT2D eigenvalue weighted by Crippen LogP contribution is 2.46. The molecule has 4 aromatic rings. The number of rotatable bonds is 2. The molecule has 1 aliphatic carbocycles. The average Bonchev–Trinajstić information content (AvgIpc) is 3.16. The molecule has 2 N–H and O–H groups in total. The van der Waals surface area contributed by atoms with E-state index < -0.39 is 0 Å². The molecule has 0 aromatic heterocycles. The smallest absolute Gasteiger partial charge is 0.000706 e. The standard InChI is InChI=1S/C33H34.H2O/c1-32(2,3)25-15-11-22(12-16-25)28-19-20-29-27-10-8-7-9-24(27)21-30(29)31(28)23-13-17-26(18-14-23)33(4,5)6;/h7-20H,21H2,1-6H3;1H2. The molecule has 0 saturated carbocycles. The quantitative estimate of drug-likeness (QED) is 0.260. The van der Waals surface area contributed by atoms with Gasteiger partial charge >= 0.3 is 0 Å². The molecule has 4 aromatic carbocycles. The van der Waals surface area contributed by atoms with E-state index in [4.69, 9.17) is 0 Å². The summed E-state index contributed by atoms with van der Waals surface area (Å²) in [6.45, 7) is 13.7. The Morgan fingerprint density at radius 2 is 1.00 bits per heavy atom. The lowest BCUT2D eigenvalue weighted by molar-refractivity contribution is 0.590. The van der Waals surface area contributed by atoms with Crippen molar-refractivity contribution in [2.24, 2.45) is 0 Å². The van der Waals surface area contributed by atoms with Crippen LogP contribution >= 0.6 is 0 Å². The van der Waals surface area contributed by atoms with Gasteiger partial charge in [-0.3, -0.25) is 0 Å². The molecular formula is C33H36O. The van der Waals surface area contributed by atoms with Crippen LogP contribution in [-0.2, 0) is 17.3 Å². The van der Waals surface area contributed by atoms with Crippen molar-refractivity contribution in [1.82, 2.24) is 0 Å². The molecule has 0 bridgehead atoms. The third kappa shape index (κ3) is 4.21. The number of hydrogen-bond acceptors (Lipinski definition) is 0. The van der Waals surface area contributed by atoms with Gasteiger partial charge in [0.25, 0.3) is 0 Å². The highest BCUT2D eigenvalue weighted by molar-refractivity contribution is 5.93. The minimum atomic E-state index is 0. The van der Waals surface area contributed by atoms with Crippen LogP contribution in [0.1, 0.15) is 63.8 Å². The Morgan fingerprint density at radius 3 is 1.56 bits per heavy atom. The van der Waals surface area contributed by atoms with Crippen molar-refractivity contribution in [3.8, 4) is 33.4 Å². The van der Waals surface area contributed by atoms with Crippen molar-refractivity contribution in [3.63, 3.8) is 0 Å². The van der Waals surface area contributed by atoms with Crippen LogP contribution in [0.5, 0.6) is 0 Å². The summed E-state index contributed by atoms with van der Waals surface area (Å²) in [5.74, 6) is 0. The van der Waals surface area contributed by atoms with E-state index in [9.17, 15) is 0 Å². The number of benzene rings is 4. The van der Waals surface area contributed by atoms with Gasteiger partial charge in [0, 0.05) is 0 Å². The van der Waals surface area contributed by atoms with Crippen LogP contribution in [0, 0.1) is 0 Å². The first-order chi connectivity index (χ1) is 15.6. The largest absolute Gasteiger partial charge is 0.412 e. The van der Waals surface area contributed by atoms with Crippen molar-refractivity contribution in [2.75, 3.05) is 0 Å². The lowest BCUT2D eigenvalue weighted by atomic mass is 9.83. The predicted molar refractivity (Wildman–Crippen MR) is 147 cm³/mol. The second-order valence-corrected chi connectivity index (χ2v) is 11.5. The summed E-state index contributed by atoms with van der Waals surface area (Å²) >= 11 is 0. The fourth-order valence-electron chi connectivity index (χ4n) is 5.07. The van der Waals surface area contributed by atoms with Crippen LogP contribution in [0.2, 0.25) is 0 Å². The highest BCUT2D eigenvalue weighted by Gasteiger charge is 2.25. The molecule has 5 rings (SSSR count). The molecule has 0 atom stereocenters. The molecule has 1 nitrogen and oxygen atoms in total. The maximum absolute atomic E-state index is 2.33. The van der Waals surface area contributed by atoms with E-state index in [1.54, 1.807) is 0 Å². The lowest BCUT2D eigenvalue weighted by Gasteiger charge is -2.22. The van der Waals surface area contributed by atoms with E-state index in [0.717, 1.165) is 6.42 Å². The Hall–Kier alpha value is -3.16. The van der Waals surface area contributed by atoms with Gasteiger partial charge in [0.15, 0.2) is 0 Å². The van der Waals surface area contributed by atoms with Gasteiger partial charge in [-0.15, -0.1) is 0 Å². The molecule has 1 heteroatoms. The molecule has 174 valence electrons. The first-order valence-electron chi connectivity index (χ1n) is 12.1. The topological polar surface area (TPSA) is 31.5 Å². The van der Waals surface area contributed by atoms with Crippen molar-refractivity contribution < 1.29 is 5.48 Å². The molecule has 0 saturated heterocycles. The molecule has 0 amide bonds. The zero-order valence-corrected chi connectivity index (χ0v) is 21.3. The van der Waals surface area contributed by atoms with Crippen LogP contribution in [-0.4, -0.2) is 5.48 Å². The van der Waals surface area contributed by atoms with Crippen LogP contribution < -0.4 is 0 Å². The number of hydrogen-bond donors (Lipinski definition) is 0. The van der Waals surface area contributed by atoms with E-state index in [1.807, 2.05) is 0 Å². The fourth-order valence-corrected chi connectivity index (χ4v) is 5.07. The lowest BCUT2D eigenvalue weighted by Crippen LogP contribution is -2.10. The van der Waals surface area contributed by atoms with Crippen molar-refractivity contribution >= 4 is 0 Å². The maximum atomic E-state index is 2.33. The molecule has 0 spiro atoms. The van der Waals surface area contributed by atoms with Crippen molar-refractivity contribution in [2.45, 2.75) is 58.8 Å². The van der Waals surface area contributed by atoms with Gasteiger partial charge in [0.05, 0.1) is 0 Å². The first-order valence-corrected chi connectivity index (χ1v) is 12.1. The minimum Gasteiger partial charge on any atom is -0.412 e. The van der Waals surface area contributed by atoms with Crippen LogP contribution in [0.3, 0.4) is 0 Å². The summed E-state index contributed by atoms with van der Waals surface area (Å²) in [5, 5.41) is 0. The van der Waals surface area contributed by atoms with E-state index >= 15 is 0 Å². The van der Waals surface area contributed by atoms with E-state index in [1.165, 1.54) is 55.6 Å². The van der Waals surface area contributed by atoms with Crippen LogP contribution in [0.15, 0.2) is 84.9 Å². The summed E-state index contributed by atoms with van der Waals surface area (Å²) in [7, 11) is 0. The van der Waals surface area contributed by atoms with E-state index in [-0.39, 0.29) is 16.3 Å². The SMILES string of the molecule is CC(C)(C)c1ccc(-c2ccc3c(c2-c2ccc(C(C)(C)C)cc2)Cc2ccccc2-3)cc1.O. The first kappa shape index (κ1) is 24.0. The second-order valence-electron chi connectivity index (χ2n) is 11.5. The van der Waals surface area contributed by atoms with Gasteiger partial charge < -0.3 is 5.48 Å². The minimum absolute atomic E-state index is 0. The molecular weight excluding hydrogens is 412 g/mol. The normalized spacial score (nSPS) is 12.6.